The maximum absolute atomic E-state index is 13.0. The van der Waals surface area contributed by atoms with Crippen molar-refractivity contribution in [3.63, 3.8) is 0 Å². The van der Waals surface area contributed by atoms with E-state index in [1.807, 2.05) is 0 Å². The molecule has 4 rings (SSSR count). The predicted octanol–water partition coefficient (Wildman–Crippen LogP) is 4.27. The smallest absolute Gasteiger partial charge is 0.307 e. The number of carbonyl (C=O) groups excluding carboxylic acids is 2. The van der Waals surface area contributed by atoms with Crippen molar-refractivity contribution in [2.75, 3.05) is 5.32 Å². The van der Waals surface area contributed by atoms with E-state index in [1.54, 1.807) is 43.3 Å². The van der Waals surface area contributed by atoms with Crippen LogP contribution in [0.15, 0.2) is 65.4 Å². The SMILES string of the molecule is Cc1onc(C(=O)Nc2ccc(Cl)cc2C(=O)c2ccccc2)c1Cn1cc([N+](=O)[O-])cn1. The first kappa shape index (κ1) is 21.9. The summed E-state index contributed by atoms with van der Waals surface area (Å²) in [4.78, 5) is 36.4. The van der Waals surface area contributed by atoms with E-state index in [1.165, 1.54) is 23.0 Å². The molecule has 0 saturated carbocycles. The summed E-state index contributed by atoms with van der Waals surface area (Å²) in [5.74, 6) is -0.572. The molecule has 0 unspecified atom stereocenters. The van der Waals surface area contributed by atoms with Gasteiger partial charge in [-0.05, 0) is 25.1 Å². The maximum Gasteiger partial charge on any atom is 0.307 e. The first-order chi connectivity index (χ1) is 15.8. The Labute approximate surface area is 191 Å². The number of aromatic nitrogens is 3. The zero-order valence-corrected chi connectivity index (χ0v) is 17.9. The van der Waals surface area contributed by atoms with Crippen molar-refractivity contribution in [3.05, 3.63) is 104 Å². The van der Waals surface area contributed by atoms with Gasteiger partial charge < -0.3 is 9.84 Å². The first-order valence-corrected chi connectivity index (χ1v) is 10.0. The Hall–Kier alpha value is -4.31. The third-order valence-corrected chi connectivity index (χ3v) is 5.10. The molecule has 0 aliphatic carbocycles. The molecule has 4 aromatic rings. The van der Waals surface area contributed by atoms with Crippen LogP contribution in [0.25, 0.3) is 0 Å². The van der Waals surface area contributed by atoms with E-state index in [0.717, 1.165) is 6.20 Å². The molecule has 0 aliphatic rings. The van der Waals surface area contributed by atoms with Gasteiger partial charge in [-0.3, -0.25) is 24.4 Å². The second-order valence-electron chi connectivity index (χ2n) is 7.06. The lowest BCUT2D eigenvalue weighted by molar-refractivity contribution is -0.385. The van der Waals surface area contributed by atoms with Crippen LogP contribution >= 0.6 is 11.6 Å². The molecular formula is C22H16ClN5O5. The molecule has 0 fully saturated rings. The Morgan fingerprint density at radius 1 is 1.21 bits per heavy atom. The quantitative estimate of drug-likeness (QED) is 0.244. The summed E-state index contributed by atoms with van der Waals surface area (Å²) in [5.41, 5.74) is 1.09. The predicted molar refractivity (Wildman–Crippen MR) is 119 cm³/mol. The van der Waals surface area contributed by atoms with Gasteiger partial charge in [-0.25, -0.2) is 0 Å². The number of ketones is 1. The summed E-state index contributed by atoms with van der Waals surface area (Å²) in [6.07, 6.45) is 2.35. The number of benzene rings is 2. The van der Waals surface area contributed by atoms with Gasteiger partial charge in [-0.1, -0.05) is 47.1 Å². The lowest BCUT2D eigenvalue weighted by Crippen LogP contribution is -2.18. The fourth-order valence-electron chi connectivity index (χ4n) is 3.19. The minimum Gasteiger partial charge on any atom is -0.361 e. The average molecular weight is 466 g/mol. The molecule has 0 saturated heterocycles. The Morgan fingerprint density at radius 3 is 2.67 bits per heavy atom. The van der Waals surface area contributed by atoms with Crippen LogP contribution in [0, 0.1) is 17.0 Å². The number of hydrogen-bond donors (Lipinski definition) is 1. The molecular weight excluding hydrogens is 450 g/mol. The fourth-order valence-corrected chi connectivity index (χ4v) is 3.36. The van der Waals surface area contributed by atoms with Gasteiger partial charge in [0.2, 0.25) is 0 Å². The Bertz CT molecular complexity index is 1360. The third kappa shape index (κ3) is 4.65. The number of nitro groups is 1. The average Bonchev–Trinajstić information content (AvgIpc) is 3.42. The zero-order valence-electron chi connectivity index (χ0n) is 17.2. The van der Waals surface area contributed by atoms with E-state index < -0.39 is 10.8 Å². The van der Waals surface area contributed by atoms with Crippen molar-refractivity contribution < 1.29 is 19.0 Å². The number of rotatable bonds is 7. The molecule has 2 aromatic carbocycles. The van der Waals surface area contributed by atoms with Crippen LogP contribution in [-0.4, -0.2) is 31.6 Å². The van der Waals surface area contributed by atoms with Crippen LogP contribution in [0.4, 0.5) is 11.4 Å². The van der Waals surface area contributed by atoms with Gasteiger partial charge in [0.15, 0.2) is 11.5 Å². The molecule has 2 heterocycles. The van der Waals surface area contributed by atoms with Gasteiger partial charge in [0.05, 0.1) is 17.2 Å². The summed E-state index contributed by atoms with van der Waals surface area (Å²) < 4.78 is 6.48. The van der Waals surface area contributed by atoms with Crippen LogP contribution in [-0.2, 0) is 6.54 Å². The topological polar surface area (TPSA) is 133 Å². The molecule has 0 bridgehead atoms. The molecule has 33 heavy (non-hydrogen) atoms. The molecule has 1 N–H and O–H groups in total. The second kappa shape index (κ2) is 9.05. The van der Waals surface area contributed by atoms with Crippen molar-refractivity contribution in [2.45, 2.75) is 13.5 Å². The van der Waals surface area contributed by atoms with Gasteiger partial charge in [0.1, 0.15) is 18.2 Å². The molecule has 11 heteroatoms. The number of nitrogens with one attached hydrogen (secondary N) is 1. The van der Waals surface area contributed by atoms with Crippen molar-refractivity contribution >= 4 is 34.7 Å². The van der Waals surface area contributed by atoms with E-state index in [4.69, 9.17) is 16.1 Å². The van der Waals surface area contributed by atoms with Crippen molar-refractivity contribution in [3.8, 4) is 0 Å². The summed E-state index contributed by atoms with van der Waals surface area (Å²) in [6.45, 7) is 1.64. The number of anilines is 1. The van der Waals surface area contributed by atoms with E-state index in [2.05, 4.69) is 15.6 Å². The Morgan fingerprint density at radius 2 is 1.97 bits per heavy atom. The van der Waals surface area contributed by atoms with Crippen LogP contribution in [0.1, 0.15) is 37.7 Å². The van der Waals surface area contributed by atoms with Crippen LogP contribution < -0.4 is 5.32 Å². The molecule has 0 atom stereocenters. The molecule has 1 amide bonds. The van der Waals surface area contributed by atoms with Crippen molar-refractivity contribution in [1.29, 1.82) is 0 Å². The third-order valence-electron chi connectivity index (χ3n) is 4.86. The highest BCUT2D eigenvalue weighted by atomic mass is 35.5. The Kier molecular flexibility index (Phi) is 6.01. The zero-order chi connectivity index (χ0) is 23.5. The largest absolute Gasteiger partial charge is 0.361 e. The molecule has 0 aliphatic heterocycles. The molecule has 0 radical (unpaired) electrons. The van der Waals surface area contributed by atoms with Gasteiger partial charge in [0.25, 0.3) is 5.91 Å². The lowest BCUT2D eigenvalue weighted by atomic mass is 10.0. The van der Waals surface area contributed by atoms with E-state index >= 15 is 0 Å². The highest BCUT2D eigenvalue weighted by Crippen LogP contribution is 2.25. The molecule has 166 valence electrons. The molecule has 2 aromatic heterocycles. The second-order valence-corrected chi connectivity index (χ2v) is 7.49. The number of nitrogens with zero attached hydrogens (tertiary/aromatic N) is 4. The van der Waals surface area contributed by atoms with E-state index in [-0.39, 0.29) is 35.0 Å². The van der Waals surface area contributed by atoms with Crippen molar-refractivity contribution in [2.24, 2.45) is 0 Å². The monoisotopic (exact) mass is 465 g/mol. The number of hydrogen-bond acceptors (Lipinski definition) is 7. The summed E-state index contributed by atoms with van der Waals surface area (Å²) in [5, 5.41) is 21.7. The highest BCUT2D eigenvalue weighted by Gasteiger charge is 2.23. The number of aryl methyl sites for hydroxylation is 1. The van der Waals surface area contributed by atoms with Gasteiger partial charge >= 0.3 is 5.69 Å². The van der Waals surface area contributed by atoms with Crippen LogP contribution in [0.3, 0.4) is 0 Å². The number of amides is 1. The molecule has 0 spiro atoms. The minimum absolute atomic E-state index is 0.0290. The van der Waals surface area contributed by atoms with Crippen LogP contribution in [0.2, 0.25) is 5.02 Å². The number of halogens is 1. The maximum atomic E-state index is 13.0. The van der Waals surface area contributed by atoms with Crippen LogP contribution in [0.5, 0.6) is 0 Å². The summed E-state index contributed by atoms with van der Waals surface area (Å²) in [6, 6.07) is 13.1. The highest BCUT2D eigenvalue weighted by molar-refractivity contribution is 6.31. The summed E-state index contributed by atoms with van der Waals surface area (Å²) >= 11 is 6.10. The Balaban J connectivity index is 1.62. The first-order valence-electron chi connectivity index (χ1n) is 9.66. The minimum atomic E-state index is -0.618. The van der Waals surface area contributed by atoms with Gasteiger partial charge in [0, 0.05) is 21.7 Å². The van der Waals surface area contributed by atoms with Crippen molar-refractivity contribution in [1.82, 2.24) is 14.9 Å². The van der Waals surface area contributed by atoms with E-state index in [9.17, 15) is 19.7 Å². The van der Waals surface area contributed by atoms with Gasteiger partial charge in [-0.2, -0.15) is 5.10 Å². The summed E-state index contributed by atoms with van der Waals surface area (Å²) in [7, 11) is 0. The van der Waals surface area contributed by atoms with Gasteiger partial charge in [-0.15, -0.1) is 0 Å². The lowest BCUT2D eigenvalue weighted by Gasteiger charge is -2.11. The number of carbonyl (C=O) groups is 2. The van der Waals surface area contributed by atoms with E-state index in [0.29, 0.717) is 21.9 Å². The normalized spacial score (nSPS) is 10.7. The molecule has 10 nitrogen and oxygen atoms in total. The standard InChI is InChI=1S/C22H16ClN5O5/c1-13-18(12-27-11-16(10-24-27)28(31)32)20(26-33-13)22(30)25-19-8-7-15(23)9-17(19)21(29)14-5-3-2-4-6-14/h2-11H,12H2,1H3,(H,25,30). The fraction of sp³-hybridized carbons (Fsp3) is 0.0909.